The van der Waals surface area contributed by atoms with Crippen LogP contribution in [-0.2, 0) is 0 Å². The van der Waals surface area contributed by atoms with Gasteiger partial charge in [-0.25, -0.2) is 4.68 Å². The van der Waals surface area contributed by atoms with Crippen molar-refractivity contribution in [2.45, 2.75) is 0 Å². The van der Waals surface area contributed by atoms with Gasteiger partial charge in [-0.05, 0) is 24.3 Å². The summed E-state index contributed by atoms with van der Waals surface area (Å²) in [7, 11) is 1.62. The van der Waals surface area contributed by atoms with Crippen molar-refractivity contribution < 1.29 is 19.5 Å². The average Bonchev–Trinajstić information content (AvgIpc) is 3.25. The average molecular weight is 407 g/mol. The quantitative estimate of drug-likeness (QED) is 0.637. The fraction of sp³-hybridized carbons (Fsp3) is 0.304. The molecule has 1 fully saturated rings. The van der Waals surface area contributed by atoms with Crippen LogP contribution in [-0.4, -0.2) is 72.1 Å². The van der Waals surface area contributed by atoms with Crippen LogP contribution in [0.1, 0.15) is 10.4 Å². The third kappa shape index (κ3) is 4.08. The van der Waals surface area contributed by atoms with Gasteiger partial charge in [-0.2, -0.15) is 5.10 Å². The minimum Gasteiger partial charge on any atom is -0.496 e. The summed E-state index contributed by atoms with van der Waals surface area (Å²) in [4.78, 5) is 16.7. The molecular formula is C23H27N4O3+. The van der Waals surface area contributed by atoms with Crippen LogP contribution >= 0.6 is 0 Å². The highest BCUT2D eigenvalue weighted by atomic mass is 16.5. The minimum absolute atomic E-state index is 0.0267. The number of nitrogens with zero attached hydrogens (tertiary/aromatic N) is 3. The molecule has 3 aromatic rings. The Kier molecular flexibility index (Phi) is 6.11. The van der Waals surface area contributed by atoms with Crippen LogP contribution in [0.3, 0.4) is 0 Å². The van der Waals surface area contributed by atoms with Gasteiger partial charge in [0, 0.05) is 11.8 Å². The van der Waals surface area contributed by atoms with E-state index in [1.165, 1.54) is 4.90 Å². The Labute approximate surface area is 176 Å². The lowest BCUT2D eigenvalue weighted by atomic mass is 10.1. The molecule has 1 aliphatic heterocycles. The standard InChI is InChI=1S/C23H26N4O3/c1-30-21-10-6-5-9-19(21)22-20(17-27(24-22)18-7-3-2-4-8-18)23(29)26-13-11-25(12-14-26)15-16-28/h2-10,17,28H,11-16H2,1H3/p+1. The molecule has 1 amide bonds. The smallest absolute Gasteiger partial charge is 0.258 e. The molecule has 7 nitrogen and oxygen atoms in total. The topological polar surface area (TPSA) is 72.0 Å². The highest BCUT2D eigenvalue weighted by Gasteiger charge is 2.28. The molecule has 0 saturated carbocycles. The number of methoxy groups -OCH3 is 1. The maximum absolute atomic E-state index is 13.5. The van der Waals surface area contributed by atoms with E-state index in [0.717, 1.165) is 30.9 Å². The number of quaternary nitrogens is 1. The molecule has 0 aliphatic carbocycles. The number of nitrogens with one attached hydrogen (secondary N) is 1. The van der Waals surface area contributed by atoms with E-state index in [1.54, 1.807) is 11.8 Å². The first-order chi connectivity index (χ1) is 14.7. The van der Waals surface area contributed by atoms with Crippen molar-refractivity contribution in [3.63, 3.8) is 0 Å². The molecule has 1 aliphatic rings. The monoisotopic (exact) mass is 407 g/mol. The van der Waals surface area contributed by atoms with E-state index < -0.39 is 0 Å². The van der Waals surface area contributed by atoms with Crippen molar-refractivity contribution in [2.75, 3.05) is 46.4 Å². The summed E-state index contributed by atoms with van der Waals surface area (Å²) in [5.74, 6) is 0.656. The largest absolute Gasteiger partial charge is 0.496 e. The van der Waals surface area contributed by atoms with Crippen molar-refractivity contribution in [1.82, 2.24) is 14.7 Å². The van der Waals surface area contributed by atoms with Crippen molar-refractivity contribution in [2.24, 2.45) is 0 Å². The maximum atomic E-state index is 13.5. The molecular weight excluding hydrogens is 380 g/mol. The van der Waals surface area contributed by atoms with Crippen molar-refractivity contribution in [3.05, 3.63) is 66.4 Å². The predicted molar refractivity (Wildman–Crippen MR) is 114 cm³/mol. The van der Waals surface area contributed by atoms with Crippen LogP contribution in [0, 0.1) is 0 Å². The molecule has 0 unspecified atom stereocenters. The first kappa shape index (κ1) is 20.1. The number of benzene rings is 2. The molecule has 1 aromatic heterocycles. The number of rotatable bonds is 6. The van der Waals surface area contributed by atoms with Gasteiger partial charge in [0.05, 0.1) is 51.1 Å². The Bertz CT molecular complexity index is 995. The van der Waals surface area contributed by atoms with Crippen molar-refractivity contribution >= 4 is 5.91 Å². The number of aliphatic hydroxyl groups is 1. The summed E-state index contributed by atoms with van der Waals surface area (Å²) in [6.45, 7) is 3.89. The van der Waals surface area contributed by atoms with Crippen molar-refractivity contribution in [3.8, 4) is 22.7 Å². The van der Waals surface area contributed by atoms with Crippen LogP contribution in [0.2, 0.25) is 0 Å². The van der Waals surface area contributed by atoms with Crippen molar-refractivity contribution in [1.29, 1.82) is 0 Å². The Hall–Kier alpha value is -3.16. The Balaban J connectivity index is 1.71. The number of aromatic nitrogens is 2. The number of carbonyl (C=O) groups is 1. The Morgan fingerprint density at radius 2 is 1.80 bits per heavy atom. The van der Waals surface area contributed by atoms with E-state index in [0.29, 0.717) is 30.1 Å². The first-order valence-electron chi connectivity index (χ1n) is 10.2. The predicted octanol–water partition coefficient (Wildman–Crippen LogP) is 0.881. The van der Waals surface area contributed by atoms with Gasteiger partial charge < -0.3 is 19.6 Å². The number of para-hydroxylation sites is 2. The van der Waals surface area contributed by atoms with E-state index in [4.69, 9.17) is 9.84 Å². The molecule has 2 aromatic carbocycles. The van der Waals surface area contributed by atoms with Gasteiger partial charge in [-0.1, -0.05) is 30.3 Å². The molecule has 0 spiro atoms. The SMILES string of the molecule is COc1ccccc1-c1nn(-c2ccccc2)cc1C(=O)N1CC[NH+](CCO)CC1. The lowest BCUT2D eigenvalue weighted by Crippen LogP contribution is -3.15. The maximum Gasteiger partial charge on any atom is 0.258 e. The zero-order valence-electron chi connectivity index (χ0n) is 17.1. The van der Waals surface area contributed by atoms with E-state index in [9.17, 15) is 9.90 Å². The van der Waals surface area contributed by atoms with Gasteiger partial charge in [0.25, 0.3) is 5.91 Å². The summed E-state index contributed by atoms with van der Waals surface area (Å²) in [5, 5.41) is 13.9. The van der Waals surface area contributed by atoms with Gasteiger partial charge in [0.15, 0.2) is 0 Å². The highest BCUT2D eigenvalue weighted by Crippen LogP contribution is 2.32. The summed E-state index contributed by atoms with van der Waals surface area (Å²) in [6.07, 6.45) is 1.81. The number of ether oxygens (including phenoxy) is 1. The fourth-order valence-electron chi connectivity index (χ4n) is 3.89. The molecule has 156 valence electrons. The van der Waals surface area contributed by atoms with E-state index in [2.05, 4.69) is 0 Å². The number of piperazine rings is 1. The second kappa shape index (κ2) is 9.11. The second-order valence-corrected chi connectivity index (χ2v) is 7.39. The molecule has 0 atom stereocenters. The van der Waals surface area contributed by atoms with Crippen LogP contribution in [0.4, 0.5) is 0 Å². The summed E-state index contributed by atoms with van der Waals surface area (Å²) in [5.41, 5.74) is 2.87. The van der Waals surface area contributed by atoms with Gasteiger partial charge in [-0.3, -0.25) is 4.79 Å². The molecule has 7 heteroatoms. The number of hydrogen-bond acceptors (Lipinski definition) is 4. The lowest BCUT2D eigenvalue weighted by Gasteiger charge is -2.31. The first-order valence-corrected chi connectivity index (χ1v) is 10.2. The number of carbonyl (C=O) groups excluding carboxylic acids is 1. The molecule has 4 rings (SSSR count). The Morgan fingerprint density at radius 3 is 2.50 bits per heavy atom. The zero-order chi connectivity index (χ0) is 20.9. The van der Waals surface area contributed by atoms with Gasteiger partial charge in [0.2, 0.25) is 0 Å². The third-order valence-electron chi connectivity index (χ3n) is 5.55. The third-order valence-corrected chi connectivity index (χ3v) is 5.55. The normalized spacial score (nSPS) is 14.7. The summed E-state index contributed by atoms with van der Waals surface area (Å²) >= 11 is 0. The van der Waals surface area contributed by atoms with Gasteiger partial charge >= 0.3 is 0 Å². The molecule has 2 N–H and O–H groups in total. The number of amides is 1. The van der Waals surface area contributed by atoms with E-state index in [-0.39, 0.29) is 12.5 Å². The Morgan fingerprint density at radius 1 is 1.10 bits per heavy atom. The van der Waals surface area contributed by atoms with Crippen LogP contribution in [0.5, 0.6) is 5.75 Å². The van der Waals surface area contributed by atoms with Crippen LogP contribution in [0.25, 0.3) is 16.9 Å². The molecule has 0 bridgehead atoms. The lowest BCUT2D eigenvalue weighted by molar-refractivity contribution is -0.904. The van der Waals surface area contributed by atoms with E-state index >= 15 is 0 Å². The molecule has 0 radical (unpaired) electrons. The van der Waals surface area contributed by atoms with E-state index in [1.807, 2.05) is 65.7 Å². The number of hydrogen-bond donors (Lipinski definition) is 2. The van der Waals surface area contributed by atoms with Gasteiger partial charge in [0.1, 0.15) is 18.0 Å². The second-order valence-electron chi connectivity index (χ2n) is 7.39. The summed E-state index contributed by atoms with van der Waals surface area (Å²) < 4.78 is 7.29. The van der Waals surface area contributed by atoms with Gasteiger partial charge in [-0.15, -0.1) is 0 Å². The fourth-order valence-corrected chi connectivity index (χ4v) is 3.89. The summed E-state index contributed by atoms with van der Waals surface area (Å²) in [6, 6.07) is 17.4. The minimum atomic E-state index is -0.0267. The molecule has 30 heavy (non-hydrogen) atoms. The molecule has 2 heterocycles. The number of aliphatic hydroxyl groups excluding tert-OH is 1. The molecule has 1 saturated heterocycles. The zero-order valence-corrected chi connectivity index (χ0v) is 17.1. The highest BCUT2D eigenvalue weighted by molar-refractivity contribution is 6.00. The van der Waals surface area contributed by atoms with Crippen LogP contribution < -0.4 is 9.64 Å². The van der Waals surface area contributed by atoms with Crippen LogP contribution in [0.15, 0.2) is 60.8 Å².